The van der Waals surface area contributed by atoms with Crippen molar-refractivity contribution in [1.82, 2.24) is 0 Å². The second-order valence-electron chi connectivity index (χ2n) is 11.9. The van der Waals surface area contributed by atoms with Gasteiger partial charge in [-0.15, -0.1) is 0 Å². The molecular weight excluding hydrogens is 560 g/mol. The zero-order valence-electron chi connectivity index (χ0n) is 24.4. The highest BCUT2D eigenvalue weighted by Gasteiger charge is 2.24. The molecule has 4 aromatic rings. The van der Waals surface area contributed by atoms with Gasteiger partial charge in [0.25, 0.3) is 0 Å². The quantitative estimate of drug-likeness (QED) is 0.244. The molecule has 0 spiro atoms. The lowest BCUT2D eigenvalue weighted by Gasteiger charge is -2.18. The fourth-order valence-electron chi connectivity index (χ4n) is 7.04. The highest BCUT2D eigenvalue weighted by atomic mass is 16.7. The van der Waals surface area contributed by atoms with Gasteiger partial charge in [-0.1, -0.05) is 0 Å². The lowest BCUT2D eigenvalue weighted by Crippen LogP contribution is -2.07. The van der Waals surface area contributed by atoms with Crippen molar-refractivity contribution in [3.63, 3.8) is 0 Å². The molecule has 0 bridgehead atoms. The summed E-state index contributed by atoms with van der Waals surface area (Å²) in [6.07, 6.45) is 7.01. The minimum atomic E-state index is 0.261. The van der Waals surface area contributed by atoms with Crippen LogP contribution in [0.5, 0.6) is 46.0 Å². The van der Waals surface area contributed by atoms with E-state index >= 15 is 0 Å². The van der Waals surface area contributed by atoms with Gasteiger partial charge in [-0.05, 0) is 144 Å². The monoisotopic (exact) mass is 592 g/mol. The van der Waals surface area contributed by atoms with Crippen molar-refractivity contribution in [1.29, 1.82) is 0 Å². The fourth-order valence-corrected chi connectivity index (χ4v) is 7.04. The Morgan fingerprint density at radius 3 is 0.500 bits per heavy atom. The molecule has 8 nitrogen and oxygen atoms in total. The maximum atomic E-state index is 5.80. The summed E-state index contributed by atoms with van der Waals surface area (Å²) in [4.78, 5) is 0. The third kappa shape index (κ3) is 4.60. The van der Waals surface area contributed by atoms with Crippen LogP contribution in [0, 0.1) is 0 Å². The smallest absolute Gasteiger partial charge is 0.231 e. The molecular formula is C36H32O8. The highest BCUT2D eigenvalue weighted by molar-refractivity contribution is 5.54. The molecule has 0 N–H and O–H groups in total. The zero-order valence-corrected chi connectivity index (χ0v) is 24.4. The summed E-state index contributed by atoms with van der Waals surface area (Å²) in [5, 5.41) is 0. The van der Waals surface area contributed by atoms with Crippen molar-refractivity contribution in [3.8, 4) is 46.0 Å². The molecule has 0 radical (unpaired) electrons. The molecule has 4 aliphatic heterocycles. The van der Waals surface area contributed by atoms with E-state index in [0.717, 1.165) is 97.4 Å². The van der Waals surface area contributed by atoms with Gasteiger partial charge < -0.3 is 37.9 Å². The predicted octanol–water partition coefficient (Wildman–Crippen LogP) is 6.06. The zero-order chi connectivity index (χ0) is 29.0. The predicted molar refractivity (Wildman–Crippen MR) is 160 cm³/mol. The summed E-state index contributed by atoms with van der Waals surface area (Å²) in [5.41, 5.74) is 10.3. The first-order valence-corrected chi connectivity index (χ1v) is 15.4. The van der Waals surface area contributed by atoms with Crippen LogP contribution in [-0.2, 0) is 51.4 Å². The number of hydrogen-bond donors (Lipinski definition) is 0. The van der Waals surface area contributed by atoms with Crippen LogP contribution in [0.2, 0.25) is 0 Å². The highest BCUT2D eigenvalue weighted by Crippen LogP contribution is 2.41. The molecule has 0 unspecified atom stereocenters. The average molecular weight is 593 g/mol. The molecule has 0 aromatic heterocycles. The number of aryl methyl sites for hydroxylation is 8. The van der Waals surface area contributed by atoms with Gasteiger partial charge in [0.2, 0.25) is 27.2 Å². The molecule has 4 aromatic carbocycles. The topological polar surface area (TPSA) is 73.8 Å². The van der Waals surface area contributed by atoms with E-state index in [0.29, 0.717) is 0 Å². The van der Waals surface area contributed by atoms with Crippen LogP contribution in [0.3, 0.4) is 0 Å². The van der Waals surface area contributed by atoms with E-state index in [1.165, 1.54) is 44.5 Å². The second kappa shape index (κ2) is 10.5. The van der Waals surface area contributed by atoms with Crippen LogP contribution < -0.4 is 37.9 Å². The van der Waals surface area contributed by atoms with Gasteiger partial charge in [0, 0.05) is 0 Å². The first-order valence-electron chi connectivity index (χ1n) is 15.4. The SMILES string of the molecule is c1c2c(cc3c1OCO3)CCc1cc3c(cc1CCc1cc4c(cc1CCc1cc5c(cc1CC2)OCO5)OCO4)OCO3. The van der Waals surface area contributed by atoms with Crippen LogP contribution in [0.1, 0.15) is 44.5 Å². The number of fused-ring (bicyclic) bond motifs is 8. The van der Waals surface area contributed by atoms with Crippen LogP contribution in [0.15, 0.2) is 48.5 Å². The molecule has 0 fully saturated rings. The largest absolute Gasteiger partial charge is 0.454 e. The Morgan fingerprint density at radius 1 is 0.227 bits per heavy atom. The standard InChI is InChI=1S/C36H32O8/c1-2-22-10-30-32(40-18-38-30)12-24(22)5-6-26-14-34-36(44-20-42-34)16-28(26)8-7-27-15-35-33(41-19-43-35)13-25(27)4-3-23-11-31-29(9-21(1)23)37-17-39-31/h9-16H,1-8,17-20H2. The van der Waals surface area contributed by atoms with Gasteiger partial charge in [-0.2, -0.15) is 0 Å². The van der Waals surface area contributed by atoms with E-state index in [4.69, 9.17) is 37.9 Å². The van der Waals surface area contributed by atoms with Gasteiger partial charge in [0.15, 0.2) is 46.0 Å². The van der Waals surface area contributed by atoms with Crippen molar-refractivity contribution in [2.45, 2.75) is 51.4 Å². The summed E-state index contributed by atoms with van der Waals surface area (Å²) in [6, 6.07) is 17.4. The summed E-state index contributed by atoms with van der Waals surface area (Å²) in [7, 11) is 0. The molecule has 0 amide bonds. The minimum Gasteiger partial charge on any atom is -0.454 e. The Labute approximate surface area is 255 Å². The lowest BCUT2D eigenvalue weighted by molar-refractivity contribution is 0.173. The van der Waals surface area contributed by atoms with E-state index in [1.807, 2.05) is 0 Å². The normalized spacial score (nSPS) is 17.5. The molecule has 4 heterocycles. The summed E-state index contributed by atoms with van der Waals surface area (Å²) in [6.45, 7) is 1.04. The third-order valence-electron chi connectivity index (χ3n) is 9.43. The van der Waals surface area contributed by atoms with E-state index < -0.39 is 0 Å². The molecule has 9 rings (SSSR count). The van der Waals surface area contributed by atoms with Crippen LogP contribution in [0.4, 0.5) is 0 Å². The van der Waals surface area contributed by atoms with Gasteiger partial charge in [-0.25, -0.2) is 0 Å². The summed E-state index contributed by atoms with van der Waals surface area (Å²) < 4.78 is 46.4. The Morgan fingerprint density at radius 2 is 0.364 bits per heavy atom. The number of hydrogen-bond acceptors (Lipinski definition) is 8. The van der Waals surface area contributed by atoms with Crippen molar-refractivity contribution < 1.29 is 37.9 Å². The Bertz CT molecular complexity index is 1410. The lowest BCUT2D eigenvalue weighted by atomic mass is 9.88. The molecule has 224 valence electrons. The summed E-state index contributed by atoms with van der Waals surface area (Å²) >= 11 is 0. The molecule has 1 aliphatic carbocycles. The van der Waals surface area contributed by atoms with Gasteiger partial charge in [0.05, 0.1) is 0 Å². The van der Waals surface area contributed by atoms with Crippen molar-refractivity contribution in [2.24, 2.45) is 0 Å². The van der Waals surface area contributed by atoms with Crippen LogP contribution in [-0.4, -0.2) is 27.2 Å². The van der Waals surface area contributed by atoms with Gasteiger partial charge >= 0.3 is 0 Å². The maximum Gasteiger partial charge on any atom is 0.231 e. The summed E-state index contributed by atoms with van der Waals surface area (Å²) in [5.74, 6) is 6.58. The Kier molecular flexibility index (Phi) is 6.13. The molecule has 8 heteroatoms. The number of rotatable bonds is 0. The van der Waals surface area contributed by atoms with Crippen molar-refractivity contribution in [3.05, 3.63) is 93.0 Å². The minimum absolute atomic E-state index is 0.261. The van der Waals surface area contributed by atoms with E-state index in [2.05, 4.69) is 48.5 Å². The molecule has 44 heavy (non-hydrogen) atoms. The first-order chi connectivity index (χ1) is 21.7. The van der Waals surface area contributed by atoms with E-state index in [1.54, 1.807) is 0 Å². The van der Waals surface area contributed by atoms with Crippen molar-refractivity contribution >= 4 is 0 Å². The molecule has 0 saturated carbocycles. The Hall–Kier alpha value is -4.72. The maximum absolute atomic E-state index is 5.80. The number of ether oxygens (including phenoxy) is 8. The second-order valence-corrected chi connectivity index (χ2v) is 11.9. The third-order valence-corrected chi connectivity index (χ3v) is 9.43. The Balaban J connectivity index is 1.14. The van der Waals surface area contributed by atoms with E-state index in [-0.39, 0.29) is 27.2 Å². The molecule has 0 atom stereocenters. The van der Waals surface area contributed by atoms with Crippen LogP contribution >= 0.6 is 0 Å². The van der Waals surface area contributed by atoms with Crippen LogP contribution in [0.25, 0.3) is 0 Å². The average Bonchev–Trinajstić information content (AvgIpc) is 3.86. The van der Waals surface area contributed by atoms with Gasteiger partial charge in [-0.3, -0.25) is 0 Å². The number of benzene rings is 4. The van der Waals surface area contributed by atoms with Gasteiger partial charge in [0.1, 0.15) is 0 Å². The van der Waals surface area contributed by atoms with E-state index in [9.17, 15) is 0 Å². The fraction of sp³-hybridized carbons (Fsp3) is 0.333. The molecule has 5 aliphatic rings. The first kappa shape index (κ1) is 25.7. The molecule has 0 saturated heterocycles. The van der Waals surface area contributed by atoms with Crippen molar-refractivity contribution in [2.75, 3.05) is 27.2 Å².